The van der Waals surface area contributed by atoms with E-state index in [9.17, 15) is 4.79 Å². The second-order valence-electron chi connectivity index (χ2n) is 5.39. The van der Waals surface area contributed by atoms with Crippen LogP contribution in [-0.2, 0) is 0 Å². The first kappa shape index (κ1) is 16.5. The van der Waals surface area contributed by atoms with Crippen LogP contribution in [0.25, 0.3) is 0 Å². The van der Waals surface area contributed by atoms with Gasteiger partial charge in [-0.2, -0.15) is 11.8 Å². The molecule has 0 unspecified atom stereocenters. The Labute approximate surface area is 125 Å². The van der Waals surface area contributed by atoms with E-state index in [-0.39, 0.29) is 5.43 Å². The zero-order valence-corrected chi connectivity index (χ0v) is 14.1. The molecule has 108 valence electrons. The summed E-state index contributed by atoms with van der Waals surface area (Å²) in [4.78, 5) is 13.8. The summed E-state index contributed by atoms with van der Waals surface area (Å²) in [6.07, 6.45) is 4.32. The molecule has 0 atom stereocenters. The smallest absolute Gasteiger partial charge is 0.223 e. The summed E-state index contributed by atoms with van der Waals surface area (Å²) in [7, 11) is 1.96. The fourth-order valence-corrected chi connectivity index (χ4v) is 2.60. The molecule has 1 rings (SSSR count). The van der Waals surface area contributed by atoms with Crippen molar-refractivity contribution < 1.29 is 0 Å². The van der Waals surface area contributed by atoms with E-state index in [4.69, 9.17) is 12.2 Å². The van der Waals surface area contributed by atoms with Gasteiger partial charge >= 0.3 is 0 Å². The highest BCUT2D eigenvalue weighted by Crippen LogP contribution is 2.28. The molecular formula is C14H24N2OS2. The van der Waals surface area contributed by atoms with Crippen LogP contribution in [0.3, 0.4) is 0 Å². The molecule has 0 aromatic heterocycles. The molecule has 1 N–H and O–H groups in total. The van der Waals surface area contributed by atoms with Crippen LogP contribution in [0, 0.1) is 4.51 Å². The van der Waals surface area contributed by atoms with Crippen molar-refractivity contribution in [3.63, 3.8) is 0 Å². The normalized spacial score (nSPS) is 11.8. The minimum Gasteiger partial charge on any atom is -0.380 e. The largest absolute Gasteiger partial charge is 0.380 e. The molecule has 0 bridgehead atoms. The van der Waals surface area contributed by atoms with Crippen LogP contribution >= 0.6 is 24.0 Å². The van der Waals surface area contributed by atoms with E-state index in [1.807, 2.05) is 23.7 Å². The summed E-state index contributed by atoms with van der Waals surface area (Å²) in [6.45, 7) is 8.23. The highest BCUT2D eigenvalue weighted by molar-refractivity contribution is 7.99. The van der Waals surface area contributed by atoms with Gasteiger partial charge in [0.15, 0.2) is 0 Å². The molecule has 0 amide bonds. The molecule has 0 fully saturated rings. The Hall–Kier alpha value is -0.550. The molecule has 0 aliphatic heterocycles. The minimum absolute atomic E-state index is 0.00516. The van der Waals surface area contributed by atoms with Gasteiger partial charge in [0, 0.05) is 24.9 Å². The predicted octanol–water partition coefficient (Wildman–Crippen LogP) is 3.44. The minimum atomic E-state index is -0.00516. The molecule has 0 saturated carbocycles. The van der Waals surface area contributed by atoms with Crippen LogP contribution in [0.2, 0.25) is 0 Å². The average molecular weight is 300 g/mol. The van der Waals surface area contributed by atoms with Gasteiger partial charge in [0.05, 0.1) is 5.69 Å². The first-order chi connectivity index (χ1) is 8.84. The van der Waals surface area contributed by atoms with E-state index in [0.29, 0.717) is 14.9 Å². The lowest BCUT2D eigenvalue weighted by atomic mass is 10.1. The molecule has 0 heterocycles. The molecule has 0 aliphatic carbocycles. The van der Waals surface area contributed by atoms with Gasteiger partial charge in [0.2, 0.25) is 5.43 Å². The van der Waals surface area contributed by atoms with E-state index >= 15 is 0 Å². The number of hydrogen-bond acceptors (Lipinski definition) is 5. The Morgan fingerprint density at radius 2 is 2.05 bits per heavy atom. The molecule has 3 nitrogen and oxygen atoms in total. The van der Waals surface area contributed by atoms with Crippen LogP contribution in [0.5, 0.6) is 0 Å². The second-order valence-corrected chi connectivity index (χ2v) is 7.31. The van der Waals surface area contributed by atoms with E-state index in [0.717, 1.165) is 31.6 Å². The van der Waals surface area contributed by atoms with E-state index in [1.54, 1.807) is 0 Å². The summed E-state index contributed by atoms with van der Waals surface area (Å²) in [5.41, 5.74) is 1.61. The Balaban J connectivity index is 2.54. The Morgan fingerprint density at radius 1 is 1.42 bits per heavy atom. The Morgan fingerprint density at radius 3 is 2.58 bits per heavy atom. The van der Waals surface area contributed by atoms with Gasteiger partial charge in [0.1, 0.15) is 10.2 Å². The summed E-state index contributed by atoms with van der Waals surface area (Å²) in [6, 6.07) is 0. The van der Waals surface area contributed by atoms with E-state index in [2.05, 4.69) is 32.3 Å². The third-order valence-electron chi connectivity index (χ3n) is 3.55. The Bertz CT molecular complexity index is 490. The van der Waals surface area contributed by atoms with Crippen LogP contribution in [0.1, 0.15) is 33.6 Å². The molecule has 1 aromatic rings. The monoisotopic (exact) mass is 300 g/mol. The van der Waals surface area contributed by atoms with Crippen molar-refractivity contribution in [2.75, 3.05) is 36.6 Å². The molecule has 0 radical (unpaired) electrons. The lowest BCUT2D eigenvalue weighted by Gasteiger charge is -2.25. The predicted molar refractivity (Wildman–Crippen MR) is 90.2 cm³/mol. The molecular weight excluding hydrogens is 276 g/mol. The summed E-state index contributed by atoms with van der Waals surface area (Å²) in [5, 5.41) is 3.25. The standard InChI is InChI=1S/C14H24N2OS2/c1-6-16(4)11-10(12(17)13(11)18)15-9-7-8-14(2,3)19-5/h15H,6-9H2,1-5H3. The van der Waals surface area contributed by atoms with Crippen molar-refractivity contribution in [1.29, 1.82) is 0 Å². The lowest BCUT2D eigenvalue weighted by molar-refractivity contribution is 0.616. The SMILES string of the molecule is CCN(C)c1c(NCCCC(C)(C)SC)c(=O)c1=S. The van der Waals surface area contributed by atoms with Crippen molar-refractivity contribution in [3.8, 4) is 0 Å². The van der Waals surface area contributed by atoms with Gasteiger partial charge in [-0.15, -0.1) is 0 Å². The molecule has 1 aromatic carbocycles. The maximum atomic E-state index is 11.7. The fourth-order valence-electron chi connectivity index (χ4n) is 1.90. The maximum absolute atomic E-state index is 11.7. The number of nitrogens with zero attached hydrogens (tertiary/aromatic N) is 1. The van der Waals surface area contributed by atoms with Crippen molar-refractivity contribution in [2.45, 2.75) is 38.4 Å². The van der Waals surface area contributed by atoms with Crippen molar-refractivity contribution in [1.82, 2.24) is 0 Å². The number of thioether (sulfide) groups is 1. The third-order valence-corrected chi connectivity index (χ3v) is 5.24. The second kappa shape index (κ2) is 6.75. The number of hydrogen-bond donors (Lipinski definition) is 1. The molecule has 0 spiro atoms. The van der Waals surface area contributed by atoms with Crippen molar-refractivity contribution in [3.05, 3.63) is 14.7 Å². The average Bonchev–Trinajstić information content (AvgIpc) is 2.40. The molecule has 0 aliphatic rings. The summed E-state index contributed by atoms with van der Waals surface area (Å²) < 4.78 is 0.772. The highest BCUT2D eigenvalue weighted by atomic mass is 32.2. The van der Waals surface area contributed by atoms with Crippen LogP contribution in [-0.4, -0.2) is 31.1 Å². The van der Waals surface area contributed by atoms with Crippen LogP contribution in [0.15, 0.2) is 4.79 Å². The third kappa shape index (κ3) is 3.96. The quantitative estimate of drug-likeness (QED) is 0.587. The molecule has 0 saturated heterocycles. The Kier molecular flexibility index (Phi) is 5.86. The van der Waals surface area contributed by atoms with Gasteiger partial charge in [-0.1, -0.05) is 26.1 Å². The lowest BCUT2D eigenvalue weighted by Crippen LogP contribution is -2.28. The topological polar surface area (TPSA) is 32.3 Å². The number of rotatable bonds is 8. The van der Waals surface area contributed by atoms with Crippen LogP contribution in [0.4, 0.5) is 11.4 Å². The molecule has 19 heavy (non-hydrogen) atoms. The van der Waals surface area contributed by atoms with Crippen molar-refractivity contribution in [2.24, 2.45) is 0 Å². The van der Waals surface area contributed by atoms with Gasteiger partial charge in [0.25, 0.3) is 0 Å². The van der Waals surface area contributed by atoms with Crippen LogP contribution < -0.4 is 15.6 Å². The first-order valence-electron chi connectivity index (χ1n) is 6.67. The molecule has 5 heteroatoms. The highest BCUT2D eigenvalue weighted by Gasteiger charge is 2.20. The van der Waals surface area contributed by atoms with E-state index < -0.39 is 0 Å². The van der Waals surface area contributed by atoms with Gasteiger partial charge in [-0.3, -0.25) is 4.79 Å². The van der Waals surface area contributed by atoms with Gasteiger partial charge in [-0.05, 0) is 26.0 Å². The maximum Gasteiger partial charge on any atom is 0.223 e. The summed E-state index contributed by atoms with van der Waals surface area (Å²) >= 11 is 6.99. The van der Waals surface area contributed by atoms with Gasteiger partial charge < -0.3 is 10.2 Å². The van der Waals surface area contributed by atoms with Crippen molar-refractivity contribution >= 4 is 35.4 Å². The zero-order valence-electron chi connectivity index (χ0n) is 12.5. The summed E-state index contributed by atoms with van der Waals surface area (Å²) in [5.74, 6) is 0. The zero-order chi connectivity index (χ0) is 14.6. The fraction of sp³-hybridized carbons (Fsp3) is 0.714. The number of nitrogens with one attached hydrogen (secondary N) is 1. The number of anilines is 2. The van der Waals surface area contributed by atoms with Gasteiger partial charge in [-0.25, -0.2) is 0 Å². The first-order valence-corrected chi connectivity index (χ1v) is 8.30. The van der Waals surface area contributed by atoms with E-state index in [1.165, 1.54) is 0 Å².